The minimum absolute atomic E-state index is 0.0588. The zero-order valence-corrected chi connectivity index (χ0v) is 21.5. The van der Waals surface area contributed by atoms with Crippen molar-refractivity contribution in [2.24, 2.45) is 0 Å². The van der Waals surface area contributed by atoms with Crippen molar-refractivity contribution in [3.05, 3.63) is 154 Å². The quantitative estimate of drug-likeness (QED) is 0.251. The Bertz CT molecular complexity index is 1350. The van der Waals surface area contributed by atoms with Gasteiger partial charge < -0.3 is 0 Å². The highest BCUT2D eigenvalue weighted by molar-refractivity contribution is 6.37. The molecule has 0 fully saturated rings. The summed E-state index contributed by atoms with van der Waals surface area (Å²) >= 11 is 0. The smallest absolute Gasteiger partial charge is 0.0410 e. The molecule has 2 atom stereocenters. The van der Waals surface area contributed by atoms with Crippen LogP contribution in [-0.2, 0) is 10.8 Å². The van der Waals surface area contributed by atoms with E-state index >= 15 is 0 Å². The van der Waals surface area contributed by atoms with Gasteiger partial charge in [0.25, 0.3) is 0 Å². The molecular formula is C34H30Si. The lowest BCUT2D eigenvalue weighted by Gasteiger charge is -2.34. The second-order valence-corrected chi connectivity index (χ2v) is 11.3. The van der Waals surface area contributed by atoms with Crippen LogP contribution in [0.15, 0.2) is 109 Å². The Balaban J connectivity index is 1.39. The van der Waals surface area contributed by atoms with Gasteiger partial charge in [-0.25, -0.2) is 0 Å². The zero-order valence-electron chi connectivity index (χ0n) is 20.5. The lowest BCUT2D eigenvalue weighted by atomic mass is 9.77. The molecule has 4 aromatic carbocycles. The topological polar surface area (TPSA) is 0 Å². The first-order valence-electron chi connectivity index (χ1n) is 12.5. The van der Waals surface area contributed by atoms with Crippen LogP contribution in [-0.4, -0.2) is 9.52 Å². The van der Waals surface area contributed by atoms with Crippen molar-refractivity contribution in [2.75, 3.05) is 0 Å². The fourth-order valence-corrected chi connectivity index (χ4v) is 8.00. The molecule has 0 aromatic heterocycles. The Morgan fingerprint density at radius 1 is 0.543 bits per heavy atom. The number of allylic oxidation sites excluding steroid dienone is 2. The molecule has 0 nitrogen and oxygen atoms in total. The van der Waals surface area contributed by atoms with Crippen LogP contribution >= 0.6 is 0 Å². The van der Waals surface area contributed by atoms with Crippen molar-refractivity contribution in [1.82, 2.24) is 0 Å². The maximum atomic E-state index is 2.47. The van der Waals surface area contributed by atoms with E-state index in [1.165, 1.54) is 44.5 Å². The van der Waals surface area contributed by atoms with E-state index in [2.05, 4.69) is 135 Å². The molecule has 2 unspecified atom stereocenters. The Kier molecular flexibility index (Phi) is 5.46. The van der Waals surface area contributed by atoms with E-state index in [4.69, 9.17) is 0 Å². The highest BCUT2D eigenvalue weighted by Gasteiger charge is 2.40. The van der Waals surface area contributed by atoms with E-state index in [1.807, 2.05) is 0 Å². The van der Waals surface area contributed by atoms with Gasteiger partial charge in [0.2, 0.25) is 0 Å². The van der Waals surface area contributed by atoms with Crippen molar-refractivity contribution in [1.29, 1.82) is 0 Å². The van der Waals surface area contributed by atoms with Gasteiger partial charge in [0.05, 0.1) is 0 Å². The van der Waals surface area contributed by atoms with Gasteiger partial charge in [0.15, 0.2) is 0 Å². The Morgan fingerprint density at radius 2 is 1.00 bits per heavy atom. The minimum Gasteiger partial charge on any atom is -0.0693 e. The van der Waals surface area contributed by atoms with Crippen LogP contribution in [0.3, 0.4) is 0 Å². The molecule has 1 heteroatoms. The van der Waals surface area contributed by atoms with Gasteiger partial charge in [-0.2, -0.15) is 0 Å². The Labute approximate surface area is 211 Å². The number of fused-ring (bicyclic) bond motifs is 2. The van der Waals surface area contributed by atoms with Gasteiger partial charge in [0.1, 0.15) is 0 Å². The number of rotatable bonds is 6. The van der Waals surface area contributed by atoms with E-state index in [9.17, 15) is 0 Å². The van der Waals surface area contributed by atoms with Crippen molar-refractivity contribution >= 4 is 21.7 Å². The van der Waals surface area contributed by atoms with Gasteiger partial charge >= 0.3 is 0 Å². The van der Waals surface area contributed by atoms with Crippen molar-refractivity contribution in [3.8, 4) is 0 Å². The molecule has 2 aliphatic carbocycles. The van der Waals surface area contributed by atoms with Crippen LogP contribution in [0.2, 0.25) is 12.1 Å². The Morgan fingerprint density at radius 3 is 1.46 bits per heavy atom. The summed E-state index contributed by atoms with van der Waals surface area (Å²) in [4.78, 5) is 0. The van der Waals surface area contributed by atoms with E-state index in [0.29, 0.717) is 0 Å². The van der Waals surface area contributed by atoms with Crippen LogP contribution in [0.1, 0.15) is 44.5 Å². The summed E-state index contributed by atoms with van der Waals surface area (Å²) in [6, 6.07) is 38.4. The van der Waals surface area contributed by atoms with Crippen molar-refractivity contribution < 1.29 is 0 Å². The van der Waals surface area contributed by atoms with E-state index in [1.54, 1.807) is 0 Å². The zero-order chi connectivity index (χ0) is 23.9. The lowest BCUT2D eigenvalue weighted by Crippen LogP contribution is -2.30. The summed E-state index contributed by atoms with van der Waals surface area (Å²) in [6.07, 6.45) is 9.61. The van der Waals surface area contributed by atoms with Crippen LogP contribution in [0.25, 0.3) is 12.2 Å². The maximum absolute atomic E-state index is 2.47. The third kappa shape index (κ3) is 3.66. The predicted octanol–water partition coefficient (Wildman–Crippen LogP) is 8.17. The lowest BCUT2D eigenvalue weighted by molar-refractivity contribution is 0.701. The first kappa shape index (κ1) is 22.1. The molecule has 4 aromatic rings. The molecule has 0 saturated carbocycles. The number of aryl methyl sites for hydroxylation is 2. The molecule has 170 valence electrons. The fraction of sp³-hybridized carbons (Fsp3) is 0.176. The standard InChI is InChI=1S/C34H30Si/c1-25-9-7-13-29(21-25)33(19-17-27-11-3-5-15-31(27)33)23-35-24-34(30-14-8-10-26(2)22-30)20-18-28-12-4-6-16-32(28)34/h3-22H,23-24H2,1-2H3. The number of benzene rings is 4. The van der Waals surface area contributed by atoms with Gasteiger partial charge in [0, 0.05) is 20.3 Å². The summed E-state index contributed by atoms with van der Waals surface area (Å²) in [5, 5.41) is 0. The average Bonchev–Trinajstić information content (AvgIpc) is 3.45. The normalized spacial score (nSPS) is 21.8. The SMILES string of the molecule is Cc1cccc(C2(C[Si]CC3(c4cccc(C)c4)C=Cc4ccccc43)C=Cc3ccccc32)c1. The molecule has 0 aliphatic heterocycles. The first-order valence-corrected chi connectivity index (χ1v) is 13.9. The van der Waals surface area contributed by atoms with E-state index in [0.717, 1.165) is 21.6 Å². The van der Waals surface area contributed by atoms with Gasteiger partial charge in [-0.3, -0.25) is 0 Å². The van der Waals surface area contributed by atoms with E-state index < -0.39 is 0 Å². The second kappa shape index (κ2) is 8.66. The summed E-state index contributed by atoms with van der Waals surface area (Å²) in [5.74, 6) is 0. The molecule has 35 heavy (non-hydrogen) atoms. The molecular weight excluding hydrogens is 436 g/mol. The highest BCUT2D eigenvalue weighted by atomic mass is 28.2. The third-order valence-electron chi connectivity index (χ3n) is 7.85. The summed E-state index contributed by atoms with van der Waals surface area (Å²) in [5.41, 5.74) is 11.0. The molecule has 0 N–H and O–H groups in total. The molecule has 2 aliphatic rings. The Hall–Kier alpha value is -3.42. The monoisotopic (exact) mass is 466 g/mol. The number of hydrogen-bond donors (Lipinski definition) is 0. The molecule has 2 radical (unpaired) electrons. The van der Waals surface area contributed by atoms with Crippen molar-refractivity contribution in [3.63, 3.8) is 0 Å². The van der Waals surface area contributed by atoms with Crippen LogP contribution in [0.5, 0.6) is 0 Å². The first-order chi connectivity index (χ1) is 17.1. The average molecular weight is 467 g/mol. The minimum atomic E-state index is -0.0588. The van der Waals surface area contributed by atoms with Crippen molar-refractivity contribution in [2.45, 2.75) is 36.8 Å². The van der Waals surface area contributed by atoms with Gasteiger partial charge in [-0.15, -0.1) is 0 Å². The van der Waals surface area contributed by atoms with E-state index in [-0.39, 0.29) is 10.8 Å². The maximum Gasteiger partial charge on any atom is 0.0410 e. The number of hydrogen-bond acceptors (Lipinski definition) is 0. The van der Waals surface area contributed by atoms with Crippen LogP contribution in [0, 0.1) is 13.8 Å². The fourth-order valence-electron chi connectivity index (χ4n) is 6.06. The molecule has 0 saturated heterocycles. The summed E-state index contributed by atoms with van der Waals surface area (Å²) in [6.45, 7) is 4.41. The van der Waals surface area contributed by atoms with Crippen LogP contribution in [0.4, 0.5) is 0 Å². The third-order valence-corrected chi connectivity index (χ3v) is 9.47. The molecule has 0 spiro atoms. The molecule has 0 heterocycles. The van der Waals surface area contributed by atoms with Gasteiger partial charge in [-0.1, -0.05) is 132 Å². The van der Waals surface area contributed by atoms with Crippen LogP contribution < -0.4 is 0 Å². The van der Waals surface area contributed by atoms with Gasteiger partial charge in [-0.05, 0) is 59.3 Å². The predicted molar refractivity (Wildman–Crippen MR) is 150 cm³/mol. The molecule has 0 amide bonds. The summed E-state index contributed by atoms with van der Waals surface area (Å²) in [7, 11) is 0.808. The highest BCUT2D eigenvalue weighted by Crippen LogP contribution is 2.48. The molecule has 6 rings (SSSR count). The summed E-state index contributed by atoms with van der Waals surface area (Å²) < 4.78 is 0. The molecule has 0 bridgehead atoms. The largest absolute Gasteiger partial charge is 0.0693 e. The second-order valence-electron chi connectivity index (χ2n) is 10.1.